The Morgan fingerprint density at radius 3 is 2.67 bits per heavy atom. The molecule has 0 bridgehead atoms. The fourth-order valence-electron chi connectivity index (χ4n) is 2.99. The molecular formula is C17H24O. The van der Waals surface area contributed by atoms with E-state index in [1.807, 2.05) is 6.07 Å². The summed E-state index contributed by atoms with van der Waals surface area (Å²) in [6.07, 6.45) is 3.78. The molecule has 0 spiro atoms. The SMILES string of the molecule is C=C(C)C1CCC1(C)CCOCc1ccccc1. The fraction of sp³-hybridized carbons (Fsp3) is 0.529. The van der Waals surface area contributed by atoms with E-state index in [1.54, 1.807) is 0 Å². The summed E-state index contributed by atoms with van der Waals surface area (Å²) in [4.78, 5) is 0. The van der Waals surface area contributed by atoms with Crippen LogP contribution >= 0.6 is 0 Å². The third kappa shape index (κ3) is 3.02. The van der Waals surface area contributed by atoms with Crippen LogP contribution in [0.1, 0.15) is 38.7 Å². The summed E-state index contributed by atoms with van der Waals surface area (Å²) in [5, 5.41) is 0. The predicted octanol–water partition coefficient (Wildman–Crippen LogP) is 4.59. The van der Waals surface area contributed by atoms with Gasteiger partial charge in [-0.25, -0.2) is 0 Å². The molecule has 0 aliphatic heterocycles. The third-order valence-electron chi connectivity index (χ3n) is 4.37. The molecule has 1 saturated carbocycles. The lowest BCUT2D eigenvalue weighted by molar-refractivity contribution is 0.0182. The molecule has 0 heterocycles. The van der Waals surface area contributed by atoms with Crippen LogP contribution in [0.3, 0.4) is 0 Å². The lowest BCUT2D eigenvalue weighted by Gasteiger charge is -2.48. The van der Waals surface area contributed by atoms with Crippen LogP contribution < -0.4 is 0 Å². The molecule has 1 aliphatic carbocycles. The molecule has 0 amide bonds. The third-order valence-corrected chi connectivity index (χ3v) is 4.37. The van der Waals surface area contributed by atoms with Gasteiger partial charge in [0.1, 0.15) is 0 Å². The molecule has 1 aromatic carbocycles. The molecule has 0 saturated heterocycles. The van der Waals surface area contributed by atoms with Crippen LogP contribution in [0.25, 0.3) is 0 Å². The summed E-state index contributed by atoms with van der Waals surface area (Å²) in [6, 6.07) is 10.4. The molecule has 18 heavy (non-hydrogen) atoms. The summed E-state index contributed by atoms with van der Waals surface area (Å²) < 4.78 is 5.79. The number of rotatable bonds is 6. The zero-order valence-corrected chi connectivity index (χ0v) is 11.6. The maximum Gasteiger partial charge on any atom is 0.0716 e. The topological polar surface area (TPSA) is 9.23 Å². The molecule has 1 aliphatic rings. The van der Waals surface area contributed by atoms with E-state index in [4.69, 9.17) is 4.74 Å². The minimum absolute atomic E-state index is 0.433. The van der Waals surface area contributed by atoms with Crippen LogP contribution in [0, 0.1) is 11.3 Å². The van der Waals surface area contributed by atoms with Gasteiger partial charge in [-0.3, -0.25) is 0 Å². The van der Waals surface area contributed by atoms with Crippen LogP contribution in [0.5, 0.6) is 0 Å². The molecule has 2 atom stereocenters. The highest BCUT2D eigenvalue weighted by atomic mass is 16.5. The summed E-state index contributed by atoms with van der Waals surface area (Å²) in [5.41, 5.74) is 3.03. The Bertz CT molecular complexity index is 395. The van der Waals surface area contributed by atoms with Crippen molar-refractivity contribution < 1.29 is 4.74 Å². The van der Waals surface area contributed by atoms with Crippen molar-refractivity contribution in [2.75, 3.05) is 6.61 Å². The number of allylic oxidation sites excluding steroid dienone is 1. The fourth-order valence-corrected chi connectivity index (χ4v) is 2.99. The zero-order valence-electron chi connectivity index (χ0n) is 11.6. The van der Waals surface area contributed by atoms with Gasteiger partial charge in [-0.15, -0.1) is 0 Å². The monoisotopic (exact) mass is 244 g/mol. The van der Waals surface area contributed by atoms with Gasteiger partial charge in [0.2, 0.25) is 0 Å². The minimum atomic E-state index is 0.433. The van der Waals surface area contributed by atoms with Crippen LogP contribution in [0.15, 0.2) is 42.5 Å². The summed E-state index contributed by atoms with van der Waals surface area (Å²) in [7, 11) is 0. The molecule has 1 fully saturated rings. The van der Waals surface area contributed by atoms with Crippen LogP contribution in [0.2, 0.25) is 0 Å². The average molecular weight is 244 g/mol. The summed E-state index contributed by atoms with van der Waals surface area (Å²) >= 11 is 0. The van der Waals surface area contributed by atoms with E-state index in [9.17, 15) is 0 Å². The van der Waals surface area contributed by atoms with Gasteiger partial charge < -0.3 is 4.74 Å². The van der Waals surface area contributed by atoms with E-state index in [-0.39, 0.29) is 0 Å². The number of hydrogen-bond donors (Lipinski definition) is 0. The van der Waals surface area contributed by atoms with Gasteiger partial charge in [0.05, 0.1) is 6.61 Å². The first-order valence-electron chi connectivity index (χ1n) is 6.89. The van der Waals surface area contributed by atoms with Crippen molar-refractivity contribution >= 4 is 0 Å². The highest BCUT2D eigenvalue weighted by Crippen LogP contribution is 2.51. The molecule has 1 aromatic rings. The highest BCUT2D eigenvalue weighted by molar-refractivity contribution is 5.13. The zero-order chi connectivity index (χ0) is 13.0. The maximum atomic E-state index is 5.79. The van der Waals surface area contributed by atoms with Crippen molar-refractivity contribution in [1.82, 2.24) is 0 Å². The number of ether oxygens (including phenoxy) is 1. The molecule has 2 unspecified atom stereocenters. The Labute approximate surface area is 111 Å². The van der Waals surface area contributed by atoms with Gasteiger partial charge in [-0.05, 0) is 43.1 Å². The van der Waals surface area contributed by atoms with E-state index in [1.165, 1.54) is 24.0 Å². The molecular weight excluding hydrogens is 220 g/mol. The first-order chi connectivity index (χ1) is 8.62. The van der Waals surface area contributed by atoms with Gasteiger partial charge in [0, 0.05) is 6.61 Å². The van der Waals surface area contributed by atoms with Gasteiger partial charge in [-0.2, -0.15) is 0 Å². The second-order valence-electron chi connectivity index (χ2n) is 5.88. The quantitative estimate of drug-likeness (QED) is 0.525. The lowest BCUT2D eigenvalue weighted by atomic mass is 9.57. The molecule has 0 N–H and O–H groups in total. The van der Waals surface area contributed by atoms with Gasteiger partial charge in [0.15, 0.2) is 0 Å². The Balaban J connectivity index is 1.71. The Morgan fingerprint density at radius 2 is 2.11 bits per heavy atom. The van der Waals surface area contributed by atoms with E-state index < -0.39 is 0 Å². The van der Waals surface area contributed by atoms with E-state index in [0.29, 0.717) is 11.3 Å². The van der Waals surface area contributed by atoms with E-state index in [2.05, 4.69) is 44.7 Å². The molecule has 0 radical (unpaired) electrons. The molecule has 1 nitrogen and oxygen atoms in total. The highest BCUT2D eigenvalue weighted by Gasteiger charge is 2.42. The van der Waals surface area contributed by atoms with Gasteiger partial charge in [-0.1, -0.05) is 49.4 Å². The molecule has 98 valence electrons. The molecule has 1 heteroatoms. The number of hydrogen-bond acceptors (Lipinski definition) is 1. The van der Waals surface area contributed by atoms with Crippen LogP contribution in [0.4, 0.5) is 0 Å². The Kier molecular flexibility index (Phi) is 4.23. The predicted molar refractivity (Wildman–Crippen MR) is 76.4 cm³/mol. The van der Waals surface area contributed by atoms with E-state index in [0.717, 1.165) is 19.6 Å². The van der Waals surface area contributed by atoms with Crippen LogP contribution in [-0.2, 0) is 11.3 Å². The second kappa shape index (κ2) is 5.71. The lowest BCUT2D eigenvalue weighted by Crippen LogP contribution is -2.38. The molecule has 0 aromatic heterocycles. The smallest absolute Gasteiger partial charge is 0.0716 e. The first kappa shape index (κ1) is 13.4. The van der Waals surface area contributed by atoms with Crippen molar-refractivity contribution in [3.8, 4) is 0 Å². The largest absolute Gasteiger partial charge is 0.377 e. The molecule has 2 rings (SSSR count). The van der Waals surface area contributed by atoms with Crippen molar-refractivity contribution in [2.45, 2.75) is 39.7 Å². The Hall–Kier alpha value is -1.08. The Morgan fingerprint density at radius 1 is 1.39 bits per heavy atom. The second-order valence-corrected chi connectivity index (χ2v) is 5.88. The van der Waals surface area contributed by atoms with Crippen LogP contribution in [-0.4, -0.2) is 6.61 Å². The van der Waals surface area contributed by atoms with Crippen molar-refractivity contribution in [3.63, 3.8) is 0 Å². The maximum absolute atomic E-state index is 5.79. The summed E-state index contributed by atoms with van der Waals surface area (Å²) in [6.45, 7) is 10.2. The van der Waals surface area contributed by atoms with Crippen molar-refractivity contribution in [2.24, 2.45) is 11.3 Å². The standard InChI is InChI=1S/C17H24O/c1-14(2)16-9-10-17(16,3)11-12-18-13-15-7-5-4-6-8-15/h4-8,16H,1,9-13H2,2-3H3. The number of benzene rings is 1. The van der Waals surface area contributed by atoms with Crippen molar-refractivity contribution in [1.29, 1.82) is 0 Å². The average Bonchev–Trinajstić information content (AvgIpc) is 2.33. The van der Waals surface area contributed by atoms with Crippen molar-refractivity contribution in [3.05, 3.63) is 48.0 Å². The van der Waals surface area contributed by atoms with E-state index >= 15 is 0 Å². The normalized spacial score (nSPS) is 26.7. The van der Waals surface area contributed by atoms with Gasteiger partial charge in [0.25, 0.3) is 0 Å². The minimum Gasteiger partial charge on any atom is -0.377 e. The first-order valence-corrected chi connectivity index (χ1v) is 6.89. The summed E-state index contributed by atoms with van der Waals surface area (Å²) in [5.74, 6) is 0.706. The van der Waals surface area contributed by atoms with Gasteiger partial charge >= 0.3 is 0 Å².